The van der Waals surface area contributed by atoms with Gasteiger partial charge in [0.25, 0.3) is 0 Å². The van der Waals surface area contributed by atoms with Gasteiger partial charge in [-0.05, 0) is 48.5 Å². The van der Waals surface area contributed by atoms with Gasteiger partial charge in [-0.2, -0.15) is 10.2 Å². The minimum atomic E-state index is -4.22. The number of nitrogens with zero attached hydrogens (tertiary/aromatic N) is 2. The Labute approximate surface area is 109 Å². The molecular formula is C12H11N2O4P. The van der Waals surface area contributed by atoms with Crippen LogP contribution in [0.1, 0.15) is 0 Å². The van der Waals surface area contributed by atoms with Crippen molar-refractivity contribution in [2.45, 2.75) is 0 Å². The number of benzene rings is 2. The highest BCUT2D eigenvalue weighted by molar-refractivity contribution is 7.60. The molecule has 2 aromatic rings. The minimum Gasteiger partial charge on any atom is -0.508 e. The second-order valence-electron chi connectivity index (χ2n) is 3.78. The Morgan fingerprint density at radius 3 is 1.63 bits per heavy atom. The van der Waals surface area contributed by atoms with Gasteiger partial charge in [-0.25, -0.2) is 0 Å². The number of hydrogen-bond acceptors (Lipinski definition) is 4. The van der Waals surface area contributed by atoms with Gasteiger partial charge in [0, 0.05) is 0 Å². The molecule has 3 N–H and O–H groups in total. The van der Waals surface area contributed by atoms with E-state index >= 15 is 0 Å². The van der Waals surface area contributed by atoms with Gasteiger partial charge in [0.2, 0.25) is 0 Å². The summed E-state index contributed by atoms with van der Waals surface area (Å²) in [5.74, 6) is 0.143. The Hall–Kier alpha value is -2.01. The maximum Gasteiger partial charge on any atom is 0.356 e. The molecule has 0 saturated heterocycles. The monoisotopic (exact) mass is 278 g/mol. The summed E-state index contributed by atoms with van der Waals surface area (Å²) in [4.78, 5) is 17.9. The van der Waals surface area contributed by atoms with Crippen molar-refractivity contribution in [3.63, 3.8) is 0 Å². The predicted molar refractivity (Wildman–Crippen MR) is 70.4 cm³/mol. The van der Waals surface area contributed by atoms with Gasteiger partial charge >= 0.3 is 7.60 Å². The van der Waals surface area contributed by atoms with Crippen molar-refractivity contribution in [2.75, 3.05) is 0 Å². The fourth-order valence-corrected chi connectivity index (χ4v) is 1.89. The smallest absolute Gasteiger partial charge is 0.356 e. The number of rotatable bonds is 3. The van der Waals surface area contributed by atoms with Crippen molar-refractivity contribution in [3.05, 3.63) is 48.5 Å². The summed E-state index contributed by atoms with van der Waals surface area (Å²) in [6, 6.07) is 11.7. The van der Waals surface area contributed by atoms with E-state index in [0.29, 0.717) is 11.4 Å². The maximum absolute atomic E-state index is 11.0. The quantitative estimate of drug-likeness (QED) is 0.593. The first kappa shape index (κ1) is 13.4. The molecule has 0 amide bonds. The molecule has 6 nitrogen and oxygen atoms in total. The zero-order chi connectivity index (χ0) is 13.9. The molecule has 2 aromatic carbocycles. The molecule has 0 saturated carbocycles. The molecule has 2 rings (SSSR count). The van der Waals surface area contributed by atoms with Crippen LogP contribution >= 0.6 is 7.60 Å². The lowest BCUT2D eigenvalue weighted by Crippen LogP contribution is -2.01. The zero-order valence-electron chi connectivity index (χ0n) is 9.71. The first-order chi connectivity index (χ1) is 8.95. The Balaban J connectivity index is 2.15. The van der Waals surface area contributed by atoms with Crippen LogP contribution in [-0.2, 0) is 4.57 Å². The van der Waals surface area contributed by atoms with E-state index in [1.807, 2.05) is 0 Å². The average molecular weight is 278 g/mol. The van der Waals surface area contributed by atoms with Crippen molar-refractivity contribution >= 4 is 24.3 Å². The molecule has 0 aliphatic heterocycles. The Kier molecular flexibility index (Phi) is 3.76. The molecule has 7 heteroatoms. The summed E-state index contributed by atoms with van der Waals surface area (Å²) in [5.41, 5.74) is 1.04. The van der Waals surface area contributed by atoms with E-state index in [4.69, 9.17) is 14.9 Å². The molecule has 0 unspecified atom stereocenters. The Morgan fingerprint density at radius 1 is 0.789 bits per heavy atom. The number of phenols is 1. The lowest BCUT2D eigenvalue weighted by Gasteiger charge is -2.02. The first-order valence-corrected chi connectivity index (χ1v) is 6.93. The number of phenolic OH excluding ortho intramolecular Hbond substituents is 1. The number of aromatic hydroxyl groups is 1. The topological polar surface area (TPSA) is 102 Å². The molecule has 0 atom stereocenters. The van der Waals surface area contributed by atoms with Crippen molar-refractivity contribution < 1.29 is 19.5 Å². The van der Waals surface area contributed by atoms with E-state index in [2.05, 4.69) is 10.2 Å². The summed E-state index contributed by atoms with van der Waals surface area (Å²) >= 11 is 0. The van der Waals surface area contributed by atoms with Crippen molar-refractivity contribution in [1.82, 2.24) is 0 Å². The molecule has 19 heavy (non-hydrogen) atoms. The van der Waals surface area contributed by atoms with E-state index in [1.165, 1.54) is 36.4 Å². The minimum absolute atomic E-state index is 0.0592. The van der Waals surface area contributed by atoms with Gasteiger partial charge in [0.05, 0.1) is 16.7 Å². The van der Waals surface area contributed by atoms with E-state index in [9.17, 15) is 4.57 Å². The second kappa shape index (κ2) is 5.32. The first-order valence-electron chi connectivity index (χ1n) is 5.32. The highest BCUT2D eigenvalue weighted by Crippen LogP contribution is 2.33. The maximum atomic E-state index is 11.0. The van der Waals surface area contributed by atoms with Gasteiger partial charge < -0.3 is 14.9 Å². The van der Waals surface area contributed by atoms with E-state index in [0.717, 1.165) is 0 Å². The lowest BCUT2D eigenvalue weighted by atomic mass is 10.3. The third kappa shape index (κ3) is 3.72. The largest absolute Gasteiger partial charge is 0.508 e. The van der Waals surface area contributed by atoms with Crippen LogP contribution in [0.3, 0.4) is 0 Å². The van der Waals surface area contributed by atoms with E-state index in [1.54, 1.807) is 12.1 Å². The van der Waals surface area contributed by atoms with E-state index < -0.39 is 7.60 Å². The van der Waals surface area contributed by atoms with Crippen LogP contribution in [0.5, 0.6) is 5.75 Å². The molecule has 0 aromatic heterocycles. The fraction of sp³-hybridized carbons (Fsp3) is 0. The summed E-state index contributed by atoms with van der Waals surface area (Å²) in [6.07, 6.45) is 0. The molecule has 0 radical (unpaired) electrons. The Bertz CT molecular complexity index is 632. The highest BCUT2D eigenvalue weighted by atomic mass is 31.2. The SMILES string of the molecule is O=P(O)(O)c1ccc(N=Nc2ccc(O)cc2)cc1. The predicted octanol–water partition coefficient (Wildman–Crippen LogP) is 2.61. The third-order valence-electron chi connectivity index (χ3n) is 2.32. The lowest BCUT2D eigenvalue weighted by molar-refractivity contribution is 0.387. The molecule has 0 spiro atoms. The molecular weight excluding hydrogens is 267 g/mol. The van der Waals surface area contributed by atoms with Crippen molar-refractivity contribution in [3.8, 4) is 5.75 Å². The second-order valence-corrected chi connectivity index (χ2v) is 5.38. The zero-order valence-corrected chi connectivity index (χ0v) is 10.6. The summed E-state index contributed by atoms with van der Waals surface area (Å²) in [5, 5.41) is 16.9. The third-order valence-corrected chi connectivity index (χ3v) is 3.29. The van der Waals surface area contributed by atoms with Crippen LogP contribution < -0.4 is 5.30 Å². The molecule has 0 aliphatic rings. The highest BCUT2D eigenvalue weighted by Gasteiger charge is 2.15. The Morgan fingerprint density at radius 2 is 1.21 bits per heavy atom. The normalized spacial score (nSPS) is 11.9. The molecule has 0 heterocycles. The van der Waals surface area contributed by atoms with Gasteiger partial charge in [-0.1, -0.05) is 0 Å². The summed E-state index contributed by atoms with van der Waals surface area (Å²) in [6.45, 7) is 0. The van der Waals surface area contributed by atoms with Crippen LogP contribution in [0.4, 0.5) is 11.4 Å². The molecule has 98 valence electrons. The van der Waals surface area contributed by atoms with E-state index in [-0.39, 0.29) is 11.1 Å². The van der Waals surface area contributed by atoms with Gasteiger partial charge in [0.15, 0.2) is 0 Å². The van der Waals surface area contributed by atoms with Crippen LogP contribution in [-0.4, -0.2) is 14.9 Å². The van der Waals surface area contributed by atoms with Crippen LogP contribution in [0.2, 0.25) is 0 Å². The van der Waals surface area contributed by atoms with Gasteiger partial charge in [-0.15, -0.1) is 0 Å². The molecule has 0 fully saturated rings. The van der Waals surface area contributed by atoms with Gasteiger partial charge in [-0.3, -0.25) is 4.57 Å². The molecule has 0 aliphatic carbocycles. The van der Waals surface area contributed by atoms with Gasteiger partial charge in [0.1, 0.15) is 5.75 Å². The van der Waals surface area contributed by atoms with Crippen LogP contribution in [0.15, 0.2) is 58.8 Å². The average Bonchev–Trinajstić information content (AvgIpc) is 2.37. The van der Waals surface area contributed by atoms with Crippen LogP contribution in [0, 0.1) is 0 Å². The van der Waals surface area contributed by atoms with Crippen molar-refractivity contribution in [2.24, 2.45) is 10.2 Å². The summed E-state index contributed by atoms with van der Waals surface area (Å²) in [7, 11) is -4.22. The number of hydrogen-bond donors (Lipinski definition) is 3. The standard InChI is InChI=1S/C12H11N2O4P/c15-11-5-1-9(2-6-11)13-14-10-3-7-12(8-4-10)19(16,17)18/h1-8,15H,(H2,16,17,18). The van der Waals surface area contributed by atoms with Crippen molar-refractivity contribution in [1.29, 1.82) is 0 Å². The fourth-order valence-electron chi connectivity index (χ4n) is 1.35. The van der Waals surface area contributed by atoms with Crippen LogP contribution in [0.25, 0.3) is 0 Å². The molecule has 0 bridgehead atoms. The number of azo groups is 1. The summed E-state index contributed by atoms with van der Waals surface area (Å²) < 4.78 is 11.0.